The smallest absolute Gasteiger partial charge is 0.0640 e. The largest absolute Gasteiger partial charge is 0.367 e. The van der Waals surface area contributed by atoms with Crippen LogP contribution in [0.5, 0.6) is 0 Å². The van der Waals surface area contributed by atoms with Crippen molar-refractivity contribution in [1.82, 2.24) is 0 Å². The number of nitrogens with two attached hydrogens (primary N) is 1. The average Bonchev–Trinajstić information content (AvgIpc) is 2.30. The Morgan fingerprint density at radius 3 is 2.71 bits per heavy atom. The van der Waals surface area contributed by atoms with Gasteiger partial charge in [0.2, 0.25) is 0 Å². The van der Waals surface area contributed by atoms with E-state index in [2.05, 4.69) is 18.7 Å². The van der Waals surface area contributed by atoms with E-state index in [4.69, 9.17) is 28.9 Å². The van der Waals surface area contributed by atoms with Crippen LogP contribution in [0.1, 0.15) is 20.3 Å². The molecule has 2 N–H and O–H groups in total. The second-order valence-corrected chi connectivity index (χ2v) is 5.69. The van der Waals surface area contributed by atoms with Gasteiger partial charge in [-0.05, 0) is 37.5 Å². The van der Waals surface area contributed by atoms with Crippen molar-refractivity contribution >= 4 is 28.9 Å². The van der Waals surface area contributed by atoms with Crippen LogP contribution in [0.4, 0.5) is 5.69 Å². The van der Waals surface area contributed by atoms with Gasteiger partial charge in [0.05, 0.1) is 10.7 Å². The lowest BCUT2D eigenvalue weighted by Gasteiger charge is -2.43. The summed E-state index contributed by atoms with van der Waals surface area (Å²) >= 11 is 12.3. The number of halogens is 2. The van der Waals surface area contributed by atoms with Gasteiger partial charge in [0.15, 0.2) is 0 Å². The Kier molecular flexibility index (Phi) is 3.86. The van der Waals surface area contributed by atoms with Gasteiger partial charge in [-0.25, -0.2) is 0 Å². The van der Waals surface area contributed by atoms with Gasteiger partial charge in [-0.1, -0.05) is 30.1 Å². The molecule has 94 valence electrons. The van der Waals surface area contributed by atoms with Crippen LogP contribution in [0.2, 0.25) is 10.0 Å². The predicted molar refractivity (Wildman–Crippen MR) is 75.0 cm³/mol. The molecule has 1 aromatic carbocycles. The Morgan fingerprint density at radius 1 is 1.29 bits per heavy atom. The van der Waals surface area contributed by atoms with E-state index in [9.17, 15) is 0 Å². The lowest BCUT2D eigenvalue weighted by Crippen LogP contribution is -2.52. The highest BCUT2D eigenvalue weighted by Gasteiger charge is 2.31. The number of benzene rings is 1. The second kappa shape index (κ2) is 5.05. The normalized spacial score (nSPS) is 29.5. The fourth-order valence-electron chi connectivity index (χ4n) is 2.44. The van der Waals surface area contributed by atoms with Gasteiger partial charge in [-0.3, -0.25) is 0 Å². The Hall–Kier alpha value is -0.440. The van der Waals surface area contributed by atoms with Gasteiger partial charge in [0.25, 0.3) is 0 Å². The third-order valence-electron chi connectivity index (χ3n) is 3.85. The standard InChI is InChI=1S/C13H18Cl2N2/c1-8-9(2)17(6-5-12(8)16)13-7-10(14)3-4-11(13)15/h3-4,7-9,12H,5-6,16H2,1-2H3. The number of hydrogen-bond acceptors (Lipinski definition) is 2. The van der Waals surface area contributed by atoms with Crippen LogP contribution >= 0.6 is 23.2 Å². The maximum atomic E-state index is 6.25. The first-order chi connectivity index (χ1) is 8.00. The van der Waals surface area contributed by atoms with Crippen LogP contribution < -0.4 is 10.6 Å². The summed E-state index contributed by atoms with van der Waals surface area (Å²) in [4.78, 5) is 2.31. The molecule has 0 spiro atoms. The van der Waals surface area contributed by atoms with Gasteiger partial charge in [0, 0.05) is 23.7 Å². The zero-order valence-corrected chi connectivity index (χ0v) is 11.7. The zero-order valence-electron chi connectivity index (χ0n) is 10.2. The molecule has 3 atom stereocenters. The molecule has 2 nitrogen and oxygen atoms in total. The third-order valence-corrected chi connectivity index (χ3v) is 4.40. The number of nitrogens with zero attached hydrogens (tertiary/aromatic N) is 1. The van der Waals surface area contributed by atoms with Crippen molar-refractivity contribution in [3.63, 3.8) is 0 Å². The van der Waals surface area contributed by atoms with E-state index >= 15 is 0 Å². The van der Waals surface area contributed by atoms with Crippen molar-refractivity contribution in [3.8, 4) is 0 Å². The number of piperidine rings is 1. The third kappa shape index (κ3) is 2.54. The van der Waals surface area contributed by atoms with E-state index in [0.29, 0.717) is 12.0 Å². The summed E-state index contributed by atoms with van der Waals surface area (Å²) in [6.07, 6.45) is 0.994. The first-order valence-electron chi connectivity index (χ1n) is 5.98. The Labute approximate surface area is 113 Å². The first kappa shape index (κ1) is 13.0. The Morgan fingerprint density at radius 2 is 2.00 bits per heavy atom. The van der Waals surface area contributed by atoms with E-state index < -0.39 is 0 Å². The highest BCUT2D eigenvalue weighted by Crippen LogP contribution is 2.34. The quantitative estimate of drug-likeness (QED) is 0.847. The van der Waals surface area contributed by atoms with Crippen LogP contribution in [-0.2, 0) is 0 Å². The molecule has 0 saturated carbocycles. The van der Waals surface area contributed by atoms with E-state index in [1.54, 1.807) is 0 Å². The maximum absolute atomic E-state index is 6.25. The average molecular weight is 273 g/mol. The molecule has 2 rings (SSSR count). The minimum atomic E-state index is 0.277. The molecule has 1 aliphatic rings. The molecule has 0 radical (unpaired) electrons. The second-order valence-electron chi connectivity index (χ2n) is 4.84. The van der Waals surface area contributed by atoms with E-state index in [1.165, 1.54) is 0 Å². The lowest BCUT2D eigenvalue weighted by molar-refractivity contribution is 0.315. The molecule has 1 aliphatic heterocycles. The zero-order chi connectivity index (χ0) is 12.6. The molecular formula is C13H18Cl2N2. The summed E-state index contributed by atoms with van der Waals surface area (Å²) < 4.78 is 0. The summed E-state index contributed by atoms with van der Waals surface area (Å²) in [5.41, 5.74) is 7.11. The van der Waals surface area contributed by atoms with Crippen molar-refractivity contribution in [1.29, 1.82) is 0 Å². The summed E-state index contributed by atoms with van der Waals surface area (Å²) in [7, 11) is 0. The molecule has 0 aliphatic carbocycles. The van der Waals surface area contributed by atoms with Crippen molar-refractivity contribution in [3.05, 3.63) is 28.2 Å². The van der Waals surface area contributed by atoms with E-state index in [-0.39, 0.29) is 6.04 Å². The summed E-state index contributed by atoms with van der Waals surface area (Å²) in [6.45, 7) is 5.33. The van der Waals surface area contributed by atoms with E-state index in [0.717, 1.165) is 28.7 Å². The molecule has 0 bridgehead atoms. The highest BCUT2D eigenvalue weighted by molar-refractivity contribution is 6.35. The van der Waals surface area contributed by atoms with Gasteiger partial charge in [-0.15, -0.1) is 0 Å². The monoisotopic (exact) mass is 272 g/mol. The highest BCUT2D eigenvalue weighted by atomic mass is 35.5. The van der Waals surface area contributed by atoms with Crippen LogP contribution in [0.3, 0.4) is 0 Å². The van der Waals surface area contributed by atoms with E-state index in [1.807, 2.05) is 18.2 Å². The van der Waals surface area contributed by atoms with Crippen LogP contribution in [-0.4, -0.2) is 18.6 Å². The number of anilines is 1. The molecule has 17 heavy (non-hydrogen) atoms. The molecule has 3 unspecified atom stereocenters. The maximum Gasteiger partial charge on any atom is 0.0640 e. The molecule has 0 amide bonds. The van der Waals surface area contributed by atoms with Crippen molar-refractivity contribution < 1.29 is 0 Å². The first-order valence-corrected chi connectivity index (χ1v) is 6.73. The van der Waals surface area contributed by atoms with Crippen molar-refractivity contribution in [2.45, 2.75) is 32.4 Å². The fraction of sp³-hybridized carbons (Fsp3) is 0.538. The Bertz CT molecular complexity index is 408. The van der Waals surface area contributed by atoms with Gasteiger partial charge >= 0.3 is 0 Å². The summed E-state index contributed by atoms with van der Waals surface area (Å²) in [5.74, 6) is 0.457. The SMILES string of the molecule is CC1C(N)CCN(c2cc(Cl)ccc2Cl)C1C. The number of rotatable bonds is 1. The van der Waals surface area contributed by atoms with Gasteiger partial charge < -0.3 is 10.6 Å². The number of hydrogen-bond donors (Lipinski definition) is 1. The van der Waals surface area contributed by atoms with Crippen molar-refractivity contribution in [2.75, 3.05) is 11.4 Å². The minimum absolute atomic E-state index is 0.277. The van der Waals surface area contributed by atoms with Crippen LogP contribution in [0.15, 0.2) is 18.2 Å². The molecule has 1 saturated heterocycles. The molecule has 1 aromatic rings. The Balaban J connectivity index is 2.30. The molecule has 1 heterocycles. The lowest BCUT2D eigenvalue weighted by atomic mass is 9.87. The van der Waals surface area contributed by atoms with Crippen LogP contribution in [0.25, 0.3) is 0 Å². The van der Waals surface area contributed by atoms with Gasteiger partial charge in [-0.2, -0.15) is 0 Å². The van der Waals surface area contributed by atoms with Gasteiger partial charge in [0.1, 0.15) is 0 Å². The topological polar surface area (TPSA) is 29.3 Å². The molecule has 1 fully saturated rings. The minimum Gasteiger partial charge on any atom is -0.367 e. The molecular weight excluding hydrogens is 255 g/mol. The van der Waals surface area contributed by atoms with Crippen molar-refractivity contribution in [2.24, 2.45) is 11.7 Å². The predicted octanol–water partition coefficient (Wildman–Crippen LogP) is 3.56. The fourth-order valence-corrected chi connectivity index (χ4v) is 2.83. The molecule has 4 heteroatoms. The molecule has 0 aromatic heterocycles. The summed E-state index contributed by atoms with van der Waals surface area (Å²) in [5, 5.41) is 1.48. The summed E-state index contributed by atoms with van der Waals surface area (Å²) in [6, 6.07) is 6.26. The van der Waals surface area contributed by atoms with Crippen LogP contribution in [0, 0.1) is 5.92 Å².